The highest BCUT2D eigenvalue weighted by Gasteiger charge is 2.60. The van der Waals surface area contributed by atoms with Gasteiger partial charge in [-0.05, 0) is 24.6 Å². The van der Waals surface area contributed by atoms with Crippen LogP contribution in [0.5, 0.6) is 5.75 Å². The average molecular weight is 307 g/mol. The Balaban J connectivity index is 2.18. The molecule has 0 bridgehead atoms. The highest BCUT2D eigenvalue weighted by molar-refractivity contribution is 5.77. The number of carbonyl (C=O) groups excluding carboxylic acids is 1. The van der Waals surface area contributed by atoms with Crippen LogP contribution in [0.1, 0.15) is 24.5 Å². The van der Waals surface area contributed by atoms with Crippen molar-refractivity contribution < 1.29 is 14.3 Å². The number of nitrogens with zero attached hydrogens (tertiary/aromatic N) is 1. The number of rotatable bonds is 3. The average Bonchev–Trinajstić information content (AvgIpc) is 2.88. The second kappa shape index (κ2) is 5.44. The van der Waals surface area contributed by atoms with E-state index in [0.29, 0.717) is 11.3 Å². The second-order valence-corrected chi connectivity index (χ2v) is 5.87. The molecule has 1 aliphatic heterocycles. The van der Waals surface area contributed by atoms with Gasteiger partial charge in [-0.1, -0.05) is 42.5 Å². The van der Waals surface area contributed by atoms with E-state index in [4.69, 9.17) is 9.47 Å². The minimum Gasteiger partial charge on any atom is -0.497 e. The van der Waals surface area contributed by atoms with Crippen molar-refractivity contribution in [2.45, 2.75) is 24.4 Å². The van der Waals surface area contributed by atoms with Crippen molar-refractivity contribution >= 4 is 5.97 Å². The molecule has 0 N–H and O–H groups in total. The zero-order valence-electron chi connectivity index (χ0n) is 13.1. The molecule has 4 nitrogen and oxygen atoms in total. The van der Waals surface area contributed by atoms with Crippen molar-refractivity contribution in [1.29, 1.82) is 5.26 Å². The summed E-state index contributed by atoms with van der Waals surface area (Å²) in [6.45, 7) is 1.90. The first-order chi connectivity index (χ1) is 11.1. The molecule has 0 saturated carbocycles. The third-order valence-corrected chi connectivity index (χ3v) is 4.61. The predicted molar refractivity (Wildman–Crippen MR) is 84.8 cm³/mol. The number of carbonyl (C=O) groups is 1. The van der Waals surface area contributed by atoms with Crippen LogP contribution in [0.3, 0.4) is 0 Å². The lowest BCUT2D eigenvalue weighted by molar-refractivity contribution is -0.146. The van der Waals surface area contributed by atoms with Crippen molar-refractivity contribution in [3.05, 3.63) is 65.7 Å². The standard InChI is InChI=1S/C19H17NO3/c1-18(14-6-4-3-5-7-14)12-17(21)23-19(18,13-20)15-8-10-16(22-2)11-9-15/h3-11H,12H2,1-2H3/t18?,19-/m0/s1. The fourth-order valence-electron chi connectivity index (χ4n) is 3.26. The topological polar surface area (TPSA) is 59.3 Å². The summed E-state index contributed by atoms with van der Waals surface area (Å²) < 4.78 is 10.8. The Labute approximate surface area is 135 Å². The van der Waals surface area contributed by atoms with Gasteiger partial charge in [0.1, 0.15) is 11.8 Å². The van der Waals surface area contributed by atoms with Gasteiger partial charge in [-0.25, -0.2) is 0 Å². The molecular weight excluding hydrogens is 290 g/mol. The fraction of sp³-hybridized carbons (Fsp3) is 0.263. The molecular formula is C19H17NO3. The van der Waals surface area contributed by atoms with E-state index in [-0.39, 0.29) is 12.4 Å². The summed E-state index contributed by atoms with van der Waals surface area (Å²) in [5.41, 5.74) is -0.548. The SMILES string of the molecule is COc1ccc([C@]2(C#N)OC(=O)CC2(C)c2ccccc2)cc1. The van der Waals surface area contributed by atoms with E-state index in [9.17, 15) is 10.1 Å². The smallest absolute Gasteiger partial charge is 0.308 e. The van der Waals surface area contributed by atoms with E-state index in [0.717, 1.165) is 5.56 Å². The summed E-state index contributed by atoms with van der Waals surface area (Å²) in [5, 5.41) is 9.95. The second-order valence-electron chi connectivity index (χ2n) is 5.87. The maximum Gasteiger partial charge on any atom is 0.308 e. The van der Waals surface area contributed by atoms with Crippen molar-refractivity contribution in [2.75, 3.05) is 7.11 Å². The lowest BCUT2D eigenvalue weighted by atomic mass is 9.66. The van der Waals surface area contributed by atoms with E-state index in [2.05, 4.69) is 6.07 Å². The molecule has 2 aromatic rings. The molecule has 2 atom stereocenters. The Morgan fingerprint density at radius 1 is 1.09 bits per heavy atom. The molecule has 1 aliphatic rings. The summed E-state index contributed by atoms with van der Waals surface area (Å²) in [6, 6.07) is 18.9. The van der Waals surface area contributed by atoms with Crippen molar-refractivity contribution in [1.82, 2.24) is 0 Å². The third kappa shape index (κ3) is 2.17. The van der Waals surface area contributed by atoms with Gasteiger partial charge in [0.15, 0.2) is 0 Å². The first kappa shape index (κ1) is 15.1. The quantitative estimate of drug-likeness (QED) is 0.816. The van der Waals surface area contributed by atoms with Crippen LogP contribution in [0.4, 0.5) is 0 Å². The Hall–Kier alpha value is -2.80. The lowest BCUT2D eigenvalue weighted by Crippen LogP contribution is -2.42. The van der Waals surface area contributed by atoms with Gasteiger partial charge in [0, 0.05) is 5.56 Å². The van der Waals surface area contributed by atoms with Crippen LogP contribution in [0, 0.1) is 11.3 Å². The Bertz CT molecular complexity index is 763. The van der Waals surface area contributed by atoms with Gasteiger partial charge < -0.3 is 9.47 Å². The van der Waals surface area contributed by atoms with E-state index >= 15 is 0 Å². The summed E-state index contributed by atoms with van der Waals surface area (Å²) in [4.78, 5) is 12.1. The van der Waals surface area contributed by atoms with Gasteiger partial charge in [0.2, 0.25) is 5.60 Å². The molecule has 4 heteroatoms. The van der Waals surface area contributed by atoms with Crippen molar-refractivity contribution in [3.8, 4) is 11.8 Å². The molecule has 23 heavy (non-hydrogen) atoms. The Morgan fingerprint density at radius 2 is 1.74 bits per heavy atom. The van der Waals surface area contributed by atoms with Crippen LogP contribution in [-0.4, -0.2) is 13.1 Å². The van der Waals surface area contributed by atoms with Crippen LogP contribution < -0.4 is 4.74 Å². The maximum atomic E-state index is 12.1. The largest absolute Gasteiger partial charge is 0.497 e. The van der Waals surface area contributed by atoms with Crippen LogP contribution in [0.25, 0.3) is 0 Å². The zero-order valence-corrected chi connectivity index (χ0v) is 13.1. The summed E-state index contributed by atoms with van der Waals surface area (Å²) >= 11 is 0. The Kier molecular flexibility index (Phi) is 3.57. The molecule has 3 rings (SSSR count). The van der Waals surface area contributed by atoms with Gasteiger partial charge in [-0.15, -0.1) is 0 Å². The first-order valence-electron chi connectivity index (χ1n) is 7.39. The van der Waals surface area contributed by atoms with Gasteiger partial charge in [-0.3, -0.25) is 4.79 Å². The fourth-order valence-corrected chi connectivity index (χ4v) is 3.26. The number of nitriles is 1. The first-order valence-corrected chi connectivity index (χ1v) is 7.39. The highest BCUT2D eigenvalue weighted by atomic mass is 16.6. The predicted octanol–water partition coefficient (Wildman–Crippen LogP) is 3.32. The molecule has 0 aromatic heterocycles. The number of hydrogen-bond donors (Lipinski definition) is 0. The van der Waals surface area contributed by atoms with Crippen LogP contribution in [-0.2, 0) is 20.5 Å². The number of cyclic esters (lactones) is 1. The molecule has 0 aliphatic carbocycles. The summed E-state index contributed by atoms with van der Waals surface area (Å²) in [6.07, 6.45) is 0.163. The molecule has 1 unspecified atom stereocenters. The number of methoxy groups -OCH3 is 1. The molecule has 1 heterocycles. The third-order valence-electron chi connectivity index (χ3n) is 4.61. The van der Waals surface area contributed by atoms with Gasteiger partial charge in [0.05, 0.1) is 18.9 Å². The van der Waals surface area contributed by atoms with Crippen LogP contribution in [0.2, 0.25) is 0 Å². The van der Waals surface area contributed by atoms with Crippen LogP contribution in [0.15, 0.2) is 54.6 Å². The zero-order chi connectivity index (χ0) is 16.5. The summed E-state index contributed by atoms with van der Waals surface area (Å²) in [5.74, 6) is 0.321. The highest BCUT2D eigenvalue weighted by Crippen LogP contribution is 2.52. The summed E-state index contributed by atoms with van der Waals surface area (Å²) in [7, 11) is 1.58. The van der Waals surface area contributed by atoms with Gasteiger partial charge in [0.25, 0.3) is 0 Å². The molecule has 0 amide bonds. The number of esters is 1. The molecule has 1 fully saturated rings. The van der Waals surface area contributed by atoms with Crippen molar-refractivity contribution in [3.63, 3.8) is 0 Å². The minimum atomic E-state index is -1.35. The van der Waals surface area contributed by atoms with E-state index < -0.39 is 11.0 Å². The normalized spacial score (nSPS) is 26.4. The molecule has 0 radical (unpaired) electrons. The van der Waals surface area contributed by atoms with Crippen LogP contribution >= 0.6 is 0 Å². The Morgan fingerprint density at radius 3 is 2.30 bits per heavy atom. The van der Waals surface area contributed by atoms with E-state index in [1.165, 1.54) is 0 Å². The lowest BCUT2D eigenvalue weighted by Gasteiger charge is -2.36. The maximum absolute atomic E-state index is 12.1. The minimum absolute atomic E-state index is 0.163. The number of ether oxygens (including phenoxy) is 2. The van der Waals surface area contributed by atoms with Gasteiger partial charge in [-0.2, -0.15) is 5.26 Å². The number of hydrogen-bond acceptors (Lipinski definition) is 4. The van der Waals surface area contributed by atoms with E-state index in [1.807, 2.05) is 37.3 Å². The van der Waals surface area contributed by atoms with E-state index in [1.54, 1.807) is 31.4 Å². The molecule has 2 aromatic carbocycles. The molecule has 0 spiro atoms. The molecule has 1 saturated heterocycles. The number of benzene rings is 2. The van der Waals surface area contributed by atoms with Gasteiger partial charge >= 0.3 is 5.97 Å². The van der Waals surface area contributed by atoms with Crippen molar-refractivity contribution in [2.24, 2.45) is 0 Å². The molecule has 116 valence electrons. The monoisotopic (exact) mass is 307 g/mol.